The number of nitrogen functional groups attached to an aromatic ring is 1. The molecule has 6 nitrogen and oxygen atoms in total. The lowest BCUT2D eigenvalue weighted by molar-refractivity contribution is 0.263. The number of anilines is 2. The Kier molecular flexibility index (Phi) is 3.20. The molecule has 0 spiro atoms. The van der Waals surface area contributed by atoms with E-state index in [0.717, 1.165) is 37.1 Å². The summed E-state index contributed by atoms with van der Waals surface area (Å²) >= 11 is 0. The van der Waals surface area contributed by atoms with Crippen molar-refractivity contribution in [2.24, 2.45) is 0 Å². The number of rotatable bonds is 2. The number of furan rings is 1. The van der Waals surface area contributed by atoms with Gasteiger partial charge in [-0.15, -0.1) is 0 Å². The summed E-state index contributed by atoms with van der Waals surface area (Å²) in [4.78, 5) is 6.63. The molecule has 0 radical (unpaired) electrons. The van der Waals surface area contributed by atoms with E-state index in [2.05, 4.69) is 22.2 Å². The topological polar surface area (TPSA) is 91.1 Å². The van der Waals surface area contributed by atoms with Crippen LogP contribution in [0.3, 0.4) is 0 Å². The molecule has 0 amide bonds. The first-order valence-corrected chi connectivity index (χ1v) is 6.71. The zero-order valence-electron chi connectivity index (χ0n) is 11.4. The Bertz CT molecular complexity index is 664. The number of nitrogens with two attached hydrogens (primary N) is 1. The number of hydrogen-bond donors (Lipinski definition) is 2. The minimum Gasteiger partial charge on any atom is -0.442 e. The second-order valence-electron chi connectivity index (χ2n) is 5.26. The molecule has 0 saturated carbocycles. The largest absolute Gasteiger partial charge is 0.442 e. The van der Waals surface area contributed by atoms with Crippen molar-refractivity contribution < 1.29 is 4.42 Å². The van der Waals surface area contributed by atoms with Crippen LogP contribution in [-0.2, 0) is 0 Å². The van der Waals surface area contributed by atoms with Crippen LogP contribution in [0.15, 0.2) is 16.5 Å². The van der Waals surface area contributed by atoms with E-state index in [4.69, 9.17) is 15.4 Å². The fourth-order valence-corrected chi connectivity index (χ4v) is 2.56. The third kappa shape index (κ3) is 2.40. The Labute approximate surface area is 117 Å². The molecule has 1 aliphatic heterocycles. The molecule has 0 aromatic carbocycles. The number of hydrogen-bond acceptors (Lipinski definition) is 6. The number of nitriles is 1. The summed E-state index contributed by atoms with van der Waals surface area (Å²) in [6.07, 6.45) is 2.18. The second kappa shape index (κ2) is 5.02. The van der Waals surface area contributed by atoms with E-state index in [1.807, 2.05) is 12.1 Å². The Morgan fingerprint density at radius 2 is 2.20 bits per heavy atom. The number of fused-ring (bicyclic) bond motifs is 1. The zero-order chi connectivity index (χ0) is 14.1. The van der Waals surface area contributed by atoms with Gasteiger partial charge in [-0.25, -0.2) is 4.98 Å². The first kappa shape index (κ1) is 12.8. The maximum atomic E-state index is 8.86. The number of pyridine rings is 1. The Morgan fingerprint density at radius 3 is 2.90 bits per heavy atom. The molecule has 1 saturated heterocycles. The molecule has 6 heteroatoms. The average Bonchev–Trinajstić information content (AvgIpc) is 2.85. The first-order valence-electron chi connectivity index (χ1n) is 6.71. The van der Waals surface area contributed by atoms with Crippen LogP contribution in [0.5, 0.6) is 0 Å². The summed E-state index contributed by atoms with van der Waals surface area (Å²) in [5.74, 6) is 1.32. The van der Waals surface area contributed by atoms with Crippen molar-refractivity contribution in [1.82, 2.24) is 9.88 Å². The molecule has 0 bridgehead atoms. The van der Waals surface area contributed by atoms with Crippen LogP contribution < -0.4 is 11.1 Å². The van der Waals surface area contributed by atoms with Crippen LogP contribution >= 0.6 is 0 Å². The van der Waals surface area contributed by atoms with Gasteiger partial charge in [0.05, 0.1) is 0 Å². The maximum Gasteiger partial charge on any atom is 0.204 e. The molecule has 3 rings (SSSR count). The van der Waals surface area contributed by atoms with Crippen LogP contribution in [0.25, 0.3) is 11.0 Å². The van der Waals surface area contributed by atoms with E-state index in [1.54, 1.807) is 6.07 Å². The minimum atomic E-state index is 0.255. The Morgan fingerprint density at radius 1 is 1.45 bits per heavy atom. The Hall–Kier alpha value is -2.26. The highest BCUT2D eigenvalue weighted by Crippen LogP contribution is 2.27. The van der Waals surface area contributed by atoms with Gasteiger partial charge in [-0.2, -0.15) is 5.26 Å². The molecule has 2 aromatic rings. The van der Waals surface area contributed by atoms with Gasteiger partial charge < -0.3 is 20.4 Å². The van der Waals surface area contributed by atoms with Gasteiger partial charge in [0.25, 0.3) is 0 Å². The van der Waals surface area contributed by atoms with Gasteiger partial charge in [0, 0.05) is 17.5 Å². The van der Waals surface area contributed by atoms with Crippen LogP contribution in [-0.4, -0.2) is 36.1 Å². The van der Waals surface area contributed by atoms with Crippen molar-refractivity contribution in [3.8, 4) is 6.07 Å². The molecule has 0 aliphatic carbocycles. The van der Waals surface area contributed by atoms with E-state index >= 15 is 0 Å². The monoisotopic (exact) mass is 271 g/mol. The van der Waals surface area contributed by atoms with Crippen molar-refractivity contribution in [3.63, 3.8) is 0 Å². The van der Waals surface area contributed by atoms with Crippen LogP contribution in [0.1, 0.15) is 18.6 Å². The number of piperidine rings is 1. The summed E-state index contributed by atoms with van der Waals surface area (Å²) in [6, 6.07) is 5.96. The van der Waals surface area contributed by atoms with Gasteiger partial charge in [0.15, 0.2) is 11.4 Å². The molecule has 104 valence electrons. The SMILES string of the molecule is CN1CCC(Nc2cc3cc(C#N)oc3c(N)n2)CC1. The maximum absolute atomic E-state index is 8.86. The summed E-state index contributed by atoms with van der Waals surface area (Å²) in [6.45, 7) is 2.17. The third-order valence-electron chi connectivity index (χ3n) is 3.71. The highest BCUT2D eigenvalue weighted by Gasteiger charge is 2.18. The van der Waals surface area contributed by atoms with Crippen molar-refractivity contribution in [1.29, 1.82) is 5.26 Å². The normalized spacial score (nSPS) is 17.2. The standard InChI is InChI=1S/C14H17N5O/c1-19-4-2-10(3-5-19)17-12-7-9-6-11(8-15)20-13(9)14(16)18-12/h6-7,10H,2-5H2,1H3,(H3,16,17,18). The predicted molar refractivity (Wildman–Crippen MR) is 77.3 cm³/mol. The highest BCUT2D eigenvalue weighted by atomic mass is 16.3. The number of nitrogens with one attached hydrogen (secondary N) is 1. The smallest absolute Gasteiger partial charge is 0.204 e. The minimum absolute atomic E-state index is 0.255. The van der Waals surface area contributed by atoms with Gasteiger partial charge in [-0.05, 0) is 39.0 Å². The van der Waals surface area contributed by atoms with Gasteiger partial charge in [0.2, 0.25) is 5.76 Å². The van der Waals surface area contributed by atoms with Crippen LogP contribution in [0.4, 0.5) is 11.6 Å². The molecule has 3 heterocycles. The molecule has 0 unspecified atom stereocenters. The van der Waals surface area contributed by atoms with Gasteiger partial charge in [0.1, 0.15) is 11.9 Å². The number of aromatic nitrogens is 1. The van der Waals surface area contributed by atoms with Crippen molar-refractivity contribution in [3.05, 3.63) is 17.9 Å². The molecular formula is C14H17N5O. The molecule has 1 aliphatic rings. The lowest BCUT2D eigenvalue weighted by atomic mass is 10.1. The summed E-state index contributed by atoms with van der Waals surface area (Å²) in [5, 5.41) is 13.1. The van der Waals surface area contributed by atoms with Crippen LogP contribution in [0.2, 0.25) is 0 Å². The molecule has 1 fully saturated rings. The fraction of sp³-hybridized carbons (Fsp3) is 0.429. The van der Waals surface area contributed by atoms with E-state index in [-0.39, 0.29) is 5.76 Å². The molecule has 20 heavy (non-hydrogen) atoms. The van der Waals surface area contributed by atoms with E-state index < -0.39 is 0 Å². The second-order valence-corrected chi connectivity index (χ2v) is 5.26. The lowest BCUT2D eigenvalue weighted by Crippen LogP contribution is -2.36. The van der Waals surface area contributed by atoms with Crippen molar-refractivity contribution in [2.75, 3.05) is 31.2 Å². The highest BCUT2D eigenvalue weighted by molar-refractivity contribution is 5.89. The van der Waals surface area contributed by atoms with E-state index in [1.165, 1.54) is 0 Å². The van der Waals surface area contributed by atoms with Crippen LogP contribution in [0, 0.1) is 11.3 Å². The zero-order valence-corrected chi connectivity index (χ0v) is 11.4. The lowest BCUT2D eigenvalue weighted by Gasteiger charge is -2.29. The molecule has 3 N–H and O–H groups in total. The Balaban J connectivity index is 1.83. The molecule has 2 aromatic heterocycles. The fourth-order valence-electron chi connectivity index (χ4n) is 2.56. The van der Waals surface area contributed by atoms with Gasteiger partial charge >= 0.3 is 0 Å². The molecule has 0 atom stereocenters. The number of likely N-dealkylation sites (tertiary alicyclic amines) is 1. The quantitative estimate of drug-likeness (QED) is 0.865. The molecular weight excluding hydrogens is 254 g/mol. The first-order chi connectivity index (χ1) is 9.65. The predicted octanol–water partition coefficient (Wildman–Crippen LogP) is 1.79. The van der Waals surface area contributed by atoms with Gasteiger partial charge in [-0.1, -0.05) is 0 Å². The average molecular weight is 271 g/mol. The summed E-state index contributed by atoms with van der Waals surface area (Å²) < 4.78 is 5.32. The van der Waals surface area contributed by atoms with Crippen molar-refractivity contribution in [2.45, 2.75) is 18.9 Å². The number of nitrogens with zero attached hydrogens (tertiary/aromatic N) is 3. The van der Waals surface area contributed by atoms with Crippen molar-refractivity contribution >= 4 is 22.6 Å². The summed E-state index contributed by atoms with van der Waals surface area (Å²) in [5.41, 5.74) is 6.37. The van der Waals surface area contributed by atoms with E-state index in [9.17, 15) is 0 Å². The third-order valence-corrected chi connectivity index (χ3v) is 3.71. The summed E-state index contributed by atoms with van der Waals surface area (Å²) in [7, 11) is 2.13. The van der Waals surface area contributed by atoms with Gasteiger partial charge in [-0.3, -0.25) is 0 Å². The van der Waals surface area contributed by atoms with E-state index in [0.29, 0.717) is 17.4 Å².